The zero-order chi connectivity index (χ0) is 14.0. The summed E-state index contributed by atoms with van der Waals surface area (Å²) in [4.78, 5) is 0. The molecule has 1 aliphatic rings. The molecule has 0 bridgehead atoms. The molecule has 1 nitrogen and oxygen atoms in total. The molecule has 0 spiro atoms. The van der Waals surface area contributed by atoms with Crippen LogP contribution in [0.15, 0.2) is 18.2 Å². The van der Waals surface area contributed by atoms with Crippen molar-refractivity contribution in [2.24, 2.45) is 11.7 Å². The summed E-state index contributed by atoms with van der Waals surface area (Å²) in [6.07, 6.45) is 1.18. The highest BCUT2D eigenvalue weighted by Gasteiger charge is 2.33. The van der Waals surface area contributed by atoms with E-state index in [1.165, 1.54) is 18.6 Å². The largest absolute Gasteiger partial charge is 0.417 e. The molecule has 0 radical (unpaired) electrons. The van der Waals surface area contributed by atoms with Gasteiger partial charge in [0, 0.05) is 6.04 Å². The highest BCUT2D eigenvalue weighted by Crippen LogP contribution is 2.38. The zero-order valence-electron chi connectivity index (χ0n) is 10.9. The maximum absolute atomic E-state index is 12.6. The molecule has 1 saturated carbocycles. The minimum Gasteiger partial charge on any atom is -0.324 e. The Morgan fingerprint density at radius 3 is 2.25 bits per heavy atom. The van der Waals surface area contributed by atoms with Gasteiger partial charge < -0.3 is 5.73 Å². The molecule has 20 heavy (non-hydrogen) atoms. The van der Waals surface area contributed by atoms with Crippen molar-refractivity contribution in [2.75, 3.05) is 0 Å². The van der Waals surface area contributed by atoms with Crippen molar-refractivity contribution in [3.05, 3.63) is 34.3 Å². The van der Waals surface area contributed by atoms with E-state index in [-0.39, 0.29) is 23.5 Å². The normalized spacial score (nSPS) is 18.4. The molecule has 0 heterocycles. The predicted molar refractivity (Wildman–Crippen MR) is 77.2 cm³/mol. The Morgan fingerprint density at radius 1 is 1.15 bits per heavy atom. The van der Waals surface area contributed by atoms with Gasteiger partial charge >= 0.3 is 6.18 Å². The van der Waals surface area contributed by atoms with Gasteiger partial charge in [-0.05, 0) is 36.5 Å². The lowest BCUT2D eigenvalue weighted by molar-refractivity contribution is -0.137. The van der Waals surface area contributed by atoms with Crippen molar-refractivity contribution in [1.29, 1.82) is 0 Å². The second-order valence-electron chi connectivity index (χ2n) is 5.16. The number of rotatable bonds is 2. The second kappa shape index (κ2) is 7.01. The van der Waals surface area contributed by atoms with Crippen molar-refractivity contribution in [3.63, 3.8) is 0 Å². The summed E-state index contributed by atoms with van der Waals surface area (Å²) in [6.45, 7) is 0. The molecule has 114 valence electrons. The molecule has 0 saturated heterocycles. The minimum absolute atomic E-state index is 0. The molecule has 1 aliphatic carbocycles. The SMILES string of the molecule is Cl.N[C@@H](c1ccc(C(F)(F)F)c(Cl)c1)C1CCCCC1. The van der Waals surface area contributed by atoms with Gasteiger partial charge in [0.05, 0.1) is 10.6 Å². The first kappa shape index (κ1) is 17.6. The molecule has 1 atom stereocenters. The fourth-order valence-electron chi connectivity index (χ4n) is 2.73. The Bertz CT molecular complexity index is 443. The predicted octanol–water partition coefficient (Wildman–Crippen LogP) is 5.36. The van der Waals surface area contributed by atoms with Crippen LogP contribution in [0.2, 0.25) is 5.02 Å². The smallest absolute Gasteiger partial charge is 0.324 e. The van der Waals surface area contributed by atoms with Crippen molar-refractivity contribution < 1.29 is 13.2 Å². The van der Waals surface area contributed by atoms with Crippen LogP contribution in [0.25, 0.3) is 0 Å². The fourth-order valence-corrected chi connectivity index (χ4v) is 3.03. The van der Waals surface area contributed by atoms with Gasteiger partial charge in [-0.2, -0.15) is 13.2 Å². The van der Waals surface area contributed by atoms with Gasteiger partial charge in [-0.3, -0.25) is 0 Å². The van der Waals surface area contributed by atoms with E-state index in [0.717, 1.165) is 31.7 Å². The number of alkyl halides is 3. The number of halogens is 5. The van der Waals surface area contributed by atoms with Gasteiger partial charge in [-0.1, -0.05) is 36.9 Å². The van der Waals surface area contributed by atoms with E-state index in [2.05, 4.69) is 0 Å². The molecule has 1 aromatic carbocycles. The summed E-state index contributed by atoms with van der Waals surface area (Å²) in [5, 5.41) is -0.267. The number of nitrogens with two attached hydrogens (primary N) is 1. The van der Waals surface area contributed by atoms with Crippen LogP contribution in [0.3, 0.4) is 0 Å². The van der Waals surface area contributed by atoms with E-state index in [9.17, 15) is 13.2 Å². The van der Waals surface area contributed by atoms with Crippen molar-refractivity contribution >= 4 is 24.0 Å². The van der Waals surface area contributed by atoms with E-state index in [1.54, 1.807) is 0 Å². The Hall–Kier alpha value is -0.450. The first-order valence-corrected chi connectivity index (χ1v) is 6.89. The molecule has 2 rings (SSSR count). The number of hydrogen-bond acceptors (Lipinski definition) is 1. The first-order chi connectivity index (χ1) is 8.89. The Labute approximate surface area is 128 Å². The summed E-state index contributed by atoms with van der Waals surface area (Å²) in [7, 11) is 0. The molecule has 0 amide bonds. The summed E-state index contributed by atoms with van der Waals surface area (Å²) < 4.78 is 37.9. The minimum atomic E-state index is -4.41. The molecule has 6 heteroatoms. The van der Waals surface area contributed by atoms with Crippen molar-refractivity contribution in [3.8, 4) is 0 Å². The van der Waals surface area contributed by atoms with Gasteiger partial charge in [0.2, 0.25) is 0 Å². The van der Waals surface area contributed by atoms with Gasteiger partial charge in [0.1, 0.15) is 0 Å². The molecular formula is C14H18Cl2F3N. The van der Waals surface area contributed by atoms with E-state index >= 15 is 0 Å². The van der Waals surface area contributed by atoms with Crippen LogP contribution in [0.5, 0.6) is 0 Å². The average molecular weight is 328 g/mol. The second-order valence-corrected chi connectivity index (χ2v) is 5.57. The van der Waals surface area contributed by atoms with E-state index in [1.807, 2.05) is 0 Å². The van der Waals surface area contributed by atoms with Crippen molar-refractivity contribution in [2.45, 2.75) is 44.3 Å². The lowest BCUT2D eigenvalue weighted by atomic mass is 9.81. The molecule has 0 aliphatic heterocycles. The quantitative estimate of drug-likeness (QED) is 0.777. The standard InChI is InChI=1S/C14H17ClF3N.ClH/c15-12-8-10(6-7-11(12)14(16,17)18)13(19)9-4-2-1-3-5-9;/h6-9,13H,1-5,19H2;1H/t13-;/m1./s1. The Balaban J connectivity index is 0.00000200. The van der Waals surface area contributed by atoms with Crippen LogP contribution in [0.1, 0.15) is 49.3 Å². The van der Waals surface area contributed by atoms with E-state index < -0.39 is 11.7 Å². The third kappa shape index (κ3) is 4.03. The van der Waals surface area contributed by atoms with Crippen LogP contribution in [-0.4, -0.2) is 0 Å². The summed E-state index contributed by atoms with van der Waals surface area (Å²) in [5.41, 5.74) is 6.06. The monoisotopic (exact) mass is 327 g/mol. The summed E-state index contributed by atoms with van der Waals surface area (Å²) in [5.74, 6) is 0.349. The van der Waals surface area contributed by atoms with E-state index in [4.69, 9.17) is 17.3 Å². The van der Waals surface area contributed by atoms with E-state index in [0.29, 0.717) is 11.5 Å². The Morgan fingerprint density at radius 2 is 1.75 bits per heavy atom. The zero-order valence-corrected chi connectivity index (χ0v) is 12.5. The topological polar surface area (TPSA) is 26.0 Å². The lowest BCUT2D eigenvalue weighted by Gasteiger charge is -2.28. The fraction of sp³-hybridized carbons (Fsp3) is 0.571. The summed E-state index contributed by atoms with van der Waals surface area (Å²) >= 11 is 5.72. The van der Waals surface area contributed by atoms with Crippen molar-refractivity contribution in [1.82, 2.24) is 0 Å². The average Bonchev–Trinajstić information content (AvgIpc) is 2.37. The molecular weight excluding hydrogens is 310 g/mol. The maximum atomic E-state index is 12.6. The third-order valence-electron chi connectivity index (χ3n) is 3.84. The third-order valence-corrected chi connectivity index (χ3v) is 4.15. The first-order valence-electron chi connectivity index (χ1n) is 6.52. The van der Waals surface area contributed by atoms with Crippen LogP contribution in [0, 0.1) is 5.92 Å². The molecule has 1 aromatic rings. The van der Waals surface area contributed by atoms with Gasteiger partial charge in [-0.15, -0.1) is 12.4 Å². The molecule has 0 aromatic heterocycles. The highest BCUT2D eigenvalue weighted by molar-refractivity contribution is 6.31. The summed E-state index contributed by atoms with van der Waals surface area (Å²) in [6, 6.07) is 3.62. The molecule has 1 fully saturated rings. The Kier molecular flexibility index (Phi) is 6.17. The molecule has 0 unspecified atom stereocenters. The van der Waals surface area contributed by atoms with Crippen LogP contribution >= 0.6 is 24.0 Å². The maximum Gasteiger partial charge on any atom is 0.417 e. The van der Waals surface area contributed by atoms with Gasteiger partial charge in [0.15, 0.2) is 0 Å². The molecule has 2 N–H and O–H groups in total. The van der Waals surface area contributed by atoms with Gasteiger partial charge in [0.25, 0.3) is 0 Å². The lowest BCUT2D eigenvalue weighted by Crippen LogP contribution is -2.23. The number of hydrogen-bond donors (Lipinski definition) is 1. The van der Waals surface area contributed by atoms with Crippen LogP contribution < -0.4 is 5.73 Å². The number of benzene rings is 1. The van der Waals surface area contributed by atoms with Gasteiger partial charge in [-0.25, -0.2) is 0 Å². The highest BCUT2D eigenvalue weighted by atomic mass is 35.5. The van der Waals surface area contributed by atoms with Crippen LogP contribution in [-0.2, 0) is 6.18 Å². The van der Waals surface area contributed by atoms with Crippen LogP contribution in [0.4, 0.5) is 13.2 Å².